The summed E-state index contributed by atoms with van der Waals surface area (Å²) in [6.07, 6.45) is 0.930. The van der Waals surface area contributed by atoms with E-state index in [1.165, 1.54) is 17.0 Å². The van der Waals surface area contributed by atoms with E-state index in [0.717, 1.165) is 30.2 Å². The molecule has 0 bridgehead atoms. The van der Waals surface area contributed by atoms with Gasteiger partial charge in [0.05, 0.1) is 5.69 Å². The van der Waals surface area contributed by atoms with Crippen LogP contribution in [0.3, 0.4) is 0 Å². The molecule has 1 aliphatic rings. The molecule has 3 rings (SSSR count). The van der Waals surface area contributed by atoms with Gasteiger partial charge in [0, 0.05) is 30.5 Å². The number of amidine groups is 1. The highest BCUT2D eigenvalue weighted by Gasteiger charge is 2.26. The first kappa shape index (κ1) is 15.1. The van der Waals surface area contributed by atoms with Crippen LogP contribution in [0.25, 0.3) is 0 Å². The number of nitrogens with zero attached hydrogens (tertiary/aromatic N) is 2. The zero-order valence-corrected chi connectivity index (χ0v) is 13.8. The molecule has 0 N–H and O–H groups in total. The third-order valence-corrected chi connectivity index (χ3v) is 4.57. The van der Waals surface area contributed by atoms with Crippen LogP contribution in [0, 0.1) is 0 Å². The van der Waals surface area contributed by atoms with Crippen LogP contribution in [0.1, 0.15) is 37.3 Å². The molecular formula is C19H21ClN2. The standard InChI is InChI=1S/C19H21ClN2/c1-3-22(4-2)19-13-16(14-8-6-5-7-9-14)17-12-15(20)10-11-18(17)21-19/h5-12,16H,3-4,13H2,1-2H3. The van der Waals surface area contributed by atoms with Gasteiger partial charge in [-0.2, -0.15) is 0 Å². The Morgan fingerprint density at radius 1 is 1.09 bits per heavy atom. The molecule has 1 unspecified atom stereocenters. The van der Waals surface area contributed by atoms with Gasteiger partial charge in [0.1, 0.15) is 5.84 Å². The van der Waals surface area contributed by atoms with E-state index < -0.39 is 0 Å². The monoisotopic (exact) mass is 312 g/mol. The van der Waals surface area contributed by atoms with E-state index in [4.69, 9.17) is 16.6 Å². The van der Waals surface area contributed by atoms with Crippen LogP contribution < -0.4 is 0 Å². The summed E-state index contributed by atoms with van der Waals surface area (Å²) in [5.74, 6) is 1.50. The molecule has 0 saturated heterocycles. The van der Waals surface area contributed by atoms with E-state index in [-0.39, 0.29) is 0 Å². The van der Waals surface area contributed by atoms with Crippen molar-refractivity contribution in [3.63, 3.8) is 0 Å². The number of rotatable bonds is 3. The Morgan fingerprint density at radius 2 is 1.82 bits per heavy atom. The molecule has 0 aromatic heterocycles. The minimum atomic E-state index is 0.322. The lowest BCUT2D eigenvalue weighted by atomic mass is 9.85. The molecule has 0 amide bonds. The van der Waals surface area contributed by atoms with E-state index in [1.807, 2.05) is 12.1 Å². The second-order valence-corrected chi connectivity index (χ2v) is 6.01. The van der Waals surface area contributed by atoms with Crippen molar-refractivity contribution in [1.82, 2.24) is 4.90 Å². The smallest absolute Gasteiger partial charge is 0.106 e. The normalized spacial score (nSPS) is 16.9. The Labute approximate surface area is 137 Å². The third kappa shape index (κ3) is 2.89. The van der Waals surface area contributed by atoms with E-state index in [2.05, 4.69) is 55.1 Å². The molecule has 1 heterocycles. The first-order valence-electron chi connectivity index (χ1n) is 7.89. The minimum Gasteiger partial charge on any atom is -0.361 e. The number of fused-ring (bicyclic) bond motifs is 1. The predicted octanol–water partition coefficient (Wildman–Crippen LogP) is 5.25. The molecule has 3 heteroatoms. The first-order valence-corrected chi connectivity index (χ1v) is 8.27. The molecule has 2 aromatic rings. The van der Waals surface area contributed by atoms with Gasteiger partial charge in [0.25, 0.3) is 0 Å². The lowest BCUT2D eigenvalue weighted by Gasteiger charge is -2.31. The number of hydrogen-bond acceptors (Lipinski definition) is 2. The fourth-order valence-corrected chi connectivity index (χ4v) is 3.34. The molecule has 2 aromatic carbocycles. The Kier molecular flexibility index (Phi) is 4.49. The van der Waals surface area contributed by atoms with Gasteiger partial charge in [0.15, 0.2) is 0 Å². The van der Waals surface area contributed by atoms with Crippen molar-refractivity contribution in [1.29, 1.82) is 0 Å². The molecule has 0 radical (unpaired) electrons. The Hall–Kier alpha value is -1.80. The summed E-state index contributed by atoms with van der Waals surface area (Å²) in [5, 5.41) is 0.779. The maximum atomic E-state index is 6.22. The van der Waals surface area contributed by atoms with Crippen molar-refractivity contribution in [3.05, 3.63) is 64.7 Å². The summed E-state index contributed by atoms with van der Waals surface area (Å²) in [7, 11) is 0. The number of aliphatic imine (C=N–C) groups is 1. The molecule has 1 atom stereocenters. The SMILES string of the molecule is CCN(CC)C1=Nc2ccc(Cl)cc2C(c2ccccc2)C1. The van der Waals surface area contributed by atoms with Crippen molar-refractivity contribution in [2.75, 3.05) is 13.1 Å². The lowest BCUT2D eigenvalue weighted by Crippen LogP contribution is -2.33. The molecule has 0 fully saturated rings. The maximum absolute atomic E-state index is 6.22. The minimum absolute atomic E-state index is 0.322. The van der Waals surface area contributed by atoms with Crippen LogP contribution >= 0.6 is 11.6 Å². The first-order chi connectivity index (χ1) is 10.7. The zero-order valence-electron chi connectivity index (χ0n) is 13.1. The molecule has 114 valence electrons. The summed E-state index contributed by atoms with van der Waals surface area (Å²) in [6.45, 7) is 6.33. The van der Waals surface area contributed by atoms with Crippen LogP contribution in [0.15, 0.2) is 53.5 Å². The van der Waals surface area contributed by atoms with Crippen molar-refractivity contribution in [2.24, 2.45) is 4.99 Å². The summed E-state index contributed by atoms with van der Waals surface area (Å²) in [5.41, 5.74) is 3.60. The van der Waals surface area contributed by atoms with Crippen LogP contribution in [0.5, 0.6) is 0 Å². The van der Waals surface area contributed by atoms with E-state index in [0.29, 0.717) is 5.92 Å². The van der Waals surface area contributed by atoms with E-state index >= 15 is 0 Å². The lowest BCUT2D eigenvalue weighted by molar-refractivity contribution is 0.450. The van der Waals surface area contributed by atoms with Gasteiger partial charge in [-0.05, 0) is 43.2 Å². The second-order valence-electron chi connectivity index (χ2n) is 5.57. The molecule has 1 aliphatic heterocycles. The summed E-state index contributed by atoms with van der Waals surface area (Å²) < 4.78 is 0. The van der Waals surface area contributed by atoms with Gasteiger partial charge in [-0.3, -0.25) is 0 Å². The Bertz CT molecular complexity index is 675. The van der Waals surface area contributed by atoms with Crippen LogP contribution in [-0.4, -0.2) is 23.8 Å². The third-order valence-electron chi connectivity index (χ3n) is 4.33. The van der Waals surface area contributed by atoms with Crippen LogP contribution in [-0.2, 0) is 0 Å². The number of hydrogen-bond donors (Lipinski definition) is 0. The van der Waals surface area contributed by atoms with E-state index in [1.54, 1.807) is 0 Å². The van der Waals surface area contributed by atoms with Crippen molar-refractivity contribution >= 4 is 23.1 Å². The fourth-order valence-electron chi connectivity index (χ4n) is 3.15. The number of benzene rings is 2. The van der Waals surface area contributed by atoms with Crippen molar-refractivity contribution in [2.45, 2.75) is 26.2 Å². The van der Waals surface area contributed by atoms with Gasteiger partial charge in [-0.25, -0.2) is 4.99 Å². The van der Waals surface area contributed by atoms with Crippen molar-refractivity contribution in [3.8, 4) is 0 Å². The van der Waals surface area contributed by atoms with Gasteiger partial charge in [0.2, 0.25) is 0 Å². The van der Waals surface area contributed by atoms with Crippen molar-refractivity contribution < 1.29 is 0 Å². The second kappa shape index (κ2) is 6.53. The molecule has 0 aliphatic carbocycles. The topological polar surface area (TPSA) is 15.6 Å². The highest BCUT2D eigenvalue weighted by atomic mass is 35.5. The van der Waals surface area contributed by atoms with Gasteiger partial charge in [-0.15, -0.1) is 0 Å². The Morgan fingerprint density at radius 3 is 2.50 bits per heavy atom. The van der Waals surface area contributed by atoms with Gasteiger partial charge in [-0.1, -0.05) is 41.9 Å². The quantitative estimate of drug-likeness (QED) is 0.756. The molecule has 0 spiro atoms. The summed E-state index contributed by atoms with van der Waals surface area (Å²) in [6, 6.07) is 16.7. The average molecular weight is 313 g/mol. The van der Waals surface area contributed by atoms with Gasteiger partial charge >= 0.3 is 0 Å². The van der Waals surface area contributed by atoms with Gasteiger partial charge < -0.3 is 4.90 Å². The van der Waals surface area contributed by atoms with Crippen LogP contribution in [0.2, 0.25) is 5.02 Å². The predicted molar refractivity (Wildman–Crippen MR) is 94.4 cm³/mol. The molecule has 22 heavy (non-hydrogen) atoms. The van der Waals surface area contributed by atoms with Crippen LogP contribution in [0.4, 0.5) is 5.69 Å². The largest absolute Gasteiger partial charge is 0.361 e. The molecular weight excluding hydrogens is 292 g/mol. The summed E-state index contributed by atoms with van der Waals surface area (Å²) >= 11 is 6.22. The Balaban J connectivity index is 2.09. The molecule has 0 saturated carbocycles. The average Bonchev–Trinajstić information content (AvgIpc) is 2.56. The van der Waals surface area contributed by atoms with E-state index in [9.17, 15) is 0 Å². The molecule has 2 nitrogen and oxygen atoms in total. The number of halogens is 1. The highest BCUT2D eigenvalue weighted by molar-refractivity contribution is 6.30. The maximum Gasteiger partial charge on any atom is 0.106 e. The summed E-state index contributed by atoms with van der Waals surface area (Å²) in [4.78, 5) is 7.23. The zero-order chi connectivity index (χ0) is 15.5. The fraction of sp³-hybridized carbons (Fsp3) is 0.316. The highest BCUT2D eigenvalue weighted by Crippen LogP contribution is 2.40.